The van der Waals surface area contributed by atoms with Crippen LogP contribution in [0.4, 0.5) is 11.6 Å². The van der Waals surface area contributed by atoms with Crippen molar-refractivity contribution in [1.82, 2.24) is 20.2 Å². The van der Waals surface area contributed by atoms with Crippen LogP contribution in [0.3, 0.4) is 0 Å². The third-order valence-corrected chi connectivity index (χ3v) is 14.3. The number of carbonyl (C=O) groups is 4. The minimum Gasteiger partial charge on any atom is -0.487 e. The molecule has 13 nitrogen and oxygen atoms in total. The Labute approximate surface area is 372 Å². The second-order valence-electron chi connectivity index (χ2n) is 18.3. The number of piperidine rings is 3. The highest BCUT2D eigenvalue weighted by molar-refractivity contribution is 6.30. The van der Waals surface area contributed by atoms with E-state index in [0.29, 0.717) is 33.7 Å². The Morgan fingerprint density at radius 3 is 2.24 bits per heavy atom. The molecule has 4 fully saturated rings. The van der Waals surface area contributed by atoms with Crippen molar-refractivity contribution in [2.45, 2.75) is 108 Å². The summed E-state index contributed by atoms with van der Waals surface area (Å²) in [5.74, 6) is -0.467. The first kappa shape index (κ1) is 42.5. The maximum Gasteiger partial charge on any atom is 0.262 e. The molecule has 3 saturated heterocycles. The summed E-state index contributed by atoms with van der Waals surface area (Å²) >= 11 is 6.31. The van der Waals surface area contributed by atoms with Crippen LogP contribution in [0.5, 0.6) is 5.75 Å². The Kier molecular flexibility index (Phi) is 11.7. The SMILES string of the molecule is CC(C)(c1ccc(OCc2ccnc(N3CCC4(CCC(OC5CCN(c6ccc7c(c6)C(=O)N(C6CCC(=O)NC6=O)C7=O)CC5)CC4)CC3)n2)cc1)c1cc(Cl)cc(C#N)c1. The number of nitrogens with one attached hydrogen (secondary N) is 1. The summed E-state index contributed by atoms with van der Waals surface area (Å²) < 4.78 is 12.9. The molecule has 3 aromatic carbocycles. The number of ether oxygens (including phenoxy) is 2. The van der Waals surface area contributed by atoms with Crippen LogP contribution in [-0.4, -0.2) is 82.9 Å². The quantitative estimate of drug-likeness (QED) is 0.157. The molecule has 9 rings (SSSR count). The van der Waals surface area contributed by atoms with Gasteiger partial charge in [0.1, 0.15) is 18.4 Å². The average molecular weight is 870 g/mol. The highest BCUT2D eigenvalue weighted by Crippen LogP contribution is 2.46. The molecule has 1 unspecified atom stereocenters. The molecule has 1 spiro atoms. The molecular formula is C49H52ClN7O6. The summed E-state index contributed by atoms with van der Waals surface area (Å²) in [5.41, 5.74) is 4.89. The molecule has 1 aliphatic carbocycles. The predicted octanol–water partition coefficient (Wildman–Crippen LogP) is 7.52. The van der Waals surface area contributed by atoms with Crippen molar-refractivity contribution in [3.63, 3.8) is 0 Å². The van der Waals surface area contributed by atoms with Crippen LogP contribution >= 0.6 is 11.6 Å². The zero-order chi connectivity index (χ0) is 43.9. The maximum atomic E-state index is 13.4. The third-order valence-electron chi connectivity index (χ3n) is 14.1. The van der Waals surface area contributed by atoms with Gasteiger partial charge in [0.2, 0.25) is 17.8 Å². The van der Waals surface area contributed by atoms with E-state index in [0.717, 1.165) is 117 Å². The summed E-state index contributed by atoms with van der Waals surface area (Å²) in [6.45, 7) is 7.99. The molecule has 5 heterocycles. The third kappa shape index (κ3) is 8.76. The first-order valence-corrected chi connectivity index (χ1v) is 22.5. The zero-order valence-electron chi connectivity index (χ0n) is 35.8. The number of halogens is 1. The predicted molar refractivity (Wildman–Crippen MR) is 237 cm³/mol. The second kappa shape index (κ2) is 17.4. The van der Waals surface area contributed by atoms with Crippen LogP contribution in [0.15, 0.2) is 72.9 Å². The number of carbonyl (C=O) groups excluding carboxylic acids is 4. The highest BCUT2D eigenvalue weighted by Gasteiger charge is 2.45. The molecule has 0 bridgehead atoms. The number of amides is 4. The molecule has 0 radical (unpaired) electrons. The van der Waals surface area contributed by atoms with E-state index < -0.39 is 23.8 Å². The fourth-order valence-corrected chi connectivity index (χ4v) is 10.4. The van der Waals surface area contributed by atoms with E-state index in [9.17, 15) is 24.4 Å². The first-order valence-electron chi connectivity index (χ1n) is 22.2. The number of hydrogen-bond acceptors (Lipinski definition) is 11. The van der Waals surface area contributed by atoms with Crippen LogP contribution in [-0.2, 0) is 26.3 Å². The van der Waals surface area contributed by atoms with Gasteiger partial charge in [-0.25, -0.2) is 9.97 Å². The summed E-state index contributed by atoms with van der Waals surface area (Å²) in [6.07, 6.45) is 10.9. The van der Waals surface area contributed by atoms with Gasteiger partial charge in [-0.1, -0.05) is 37.6 Å². The number of imide groups is 2. The Balaban J connectivity index is 0.715. The molecule has 14 heteroatoms. The van der Waals surface area contributed by atoms with E-state index >= 15 is 0 Å². The fourth-order valence-electron chi connectivity index (χ4n) is 10.1. The molecule has 326 valence electrons. The smallest absolute Gasteiger partial charge is 0.262 e. The van der Waals surface area contributed by atoms with Crippen molar-refractivity contribution in [2.24, 2.45) is 5.41 Å². The molecule has 5 aliphatic rings. The molecule has 1 aromatic heterocycles. The van der Waals surface area contributed by atoms with E-state index in [-0.39, 0.29) is 36.4 Å². The fraction of sp³-hybridized carbons (Fsp3) is 0.449. The van der Waals surface area contributed by atoms with Crippen LogP contribution in [0, 0.1) is 16.7 Å². The maximum absolute atomic E-state index is 13.4. The summed E-state index contributed by atoms with van der Waals surface area (Å²) in [5, 5.41) is 12.2. The first-order chi connectivity index (χ1) is 30.4. The number of nitriles is 1. The Hall–Kier alpha value is -5.84. The van der Waals surface area contributed by atoms with Gasteiger partial charge in [-0.2, -0.15) is 5.26 Å². The summed E-state index contributed by atoms with van der Waals surface area (Å²) in [4.78, 5) is 65.7. The van der Waals surface area contributed by atoms with Crippen molar-refractivity contribution < 1.29 is 28.7 Å². The van der Waals surface area contributed by atoms with Gasteiger partial charge in [-0.3, -0.25) is 29.4 Å². The van der Waals surface area contributed by atoms with E-state index in [1.54, 1.807) is 18.2 Å². The molecule has 4 aliphatic heterocycles. The number of rotatable bonds is 10. The number of fused-ring (bicyclic) bond motifs is 1. The standard InChI is InChI=1S/C49H52ClN7O6/c1-48(2,33-25-31(29-51)26-34(50)27-33)32-3-6-37(7-4-32)62-30-35-13-20-52-47(53-35)56-23-18-49(19-24-56)16-11-38(12-17-49)63-39-14-21-55(22-15-39)36-5-8-40-41(28-36)46(61)57(45(40)60)42-9-10-43(58)54-44(42)59/h3-8,13,20,25-28,38-39,42H,9-12,14-19,21-24,30H2,1-2H3,(H,54,58,59). The topological polar surface area (TPSA) is 158 Å². The largest absolute Gasteiger partial charge is 0.487 e. The van der Waals surface area contributed by atoms with E-state index in [2.05, 4.69) is 52.2 Å². The number of aromatic nitrogens is 2. The normalized spacial score (nSPS) is 20.8. The van der Waals surface area contributed by atoms with Crippen LogP contribution in [0.1, 0.15) is 121 Å². The second-order valence-corrected chi connectivity index (χ2v) is 18.7. The molecular weight excluding hydrogens is 818 g/mol. The molecule has 1 N–H and O–H groups in total. The van der Waals surface area contributed by atoms with Crippen molar-refractivity contribution >= 4 is 46.9 Å². The van der Waals surface area contributed by atoms with Gasteiger partial charge in [-0.05, 0) is 129 Å². The van der Waals surface area contributed by atoms with Crippen molar-refractivity contribution in [2.75, 3.05) is 36.0 Å². The summed E-state index contributed by atoms with van der Waals surface area (Å²) in [6, 6.07) is 22.0. The molecule has 1 atom stereocenters. The van der Waals surface area contributed by atoms with Crippen LogP contribution in [0.25, 0.3) is 0 Å². The van der Waals surface area contributed by atoms with Gasteiger partial charge < -0.3 is 19.3 Å². The lowest BCUT2D eigenvalue weighted by Gasteiger charge is -2.46. The van der Waals surface area contributed by atoms with Gasteiger partial charge in [0, 0.05) is 54.9 Å². The average Bonchev–Trinajstić information content (AvgIpc) is 3.54. The Morgan fingerprint density at radius 2 is 1.52 bits per heavy atom. The molecule has 4 amide bonds. The van der Waals surface area contributed by atoms with Crippen molar-refractivity contribution in [3.8, 4) is 11.8 Å². The Morgan fingerprint density at radius 1 is 0.810 bits per heavy atom. The van der Waals surface area contributed by atoms with Crippen LogP contribution in [0.2, 0.25) is 5.02 Å². The van der Waals surface area contributed by atoms with Crippen LogP contribution < -0.4 is 19.9 Å². The Bertz CT molecular complexity index is 2460. The van der Waals surface area contributed by atoms with Gasteiger partial charge in [0.05, 0.1) is 40.7 Å². The molecule has 1 saturated carbocycles. The highest BCUT2D eigenvalue weighted by atomic mass is 35.5. The van der Waals surface area contributed by atoms with E-state index in [1.165, 1.54) is 0 Å². The minimum atomic E-state index is -0.973. The lowest BCUT2D eigenvalue weighted by molar-refractivity contribution is -0.136. The van der Waals surface area contributed by atoms with Crippen molar-refractivity contribution in [1.29, 1.82) is 5.26 Å². The molecule has 63 heavy (non-hydrogen) atoms. The number of hydrogen-bond donors (Lipinski definition) is 1. The van der Waals surface area contributed by atoms with E-state index in [4.69, 9.17) is 26.1 Å². The van der Waals surface area contributed by atoms with Crippen molar-refractivity contribution in [3.05, 3.63) is 111 Å². The van der Waals surface area contributed by atoms with Gasteiger partial charge in [0.15, 0.2) is 0 Å². The van der Waals surface area contributed by atoms with Gasteiger partial charge >= 0.3 is 0 Å². The molecule has 4 aromatic rings. The number of nitrogens with zero attached hydrogens (tertiary/aromatic N) is 6. The van der Waals surface area contributed by atoms with E-state index in [1.807, 2.05) is 42.6 Å². The van der Waals surface area contributed by atoms with Gasteiger partial charge in [0.25, 0.3) is 11.8 Å². The lowest BCUT2D eigenvalue weighted by Crippen LogP contribution is -2.54. The van der Waals surface area contributed by atoms with Gasteiger partial charge in [-0.15, -0.1) is 0 Å². The minimum absolute atomic E-state index is 0.0932. The lowest BCUT2D eigenvalue weighted by atomic mass is 9.67. The number of anilines is 2. The monoisotopic (exact) mass is 869 g/mol. The zero-order valence-corrected chi connectivity index (χ0v) is 36.5. The summed E-state index contributed by atoms with van der Waals surface area (Å²) in [7, 11) is 0. The number of benzene rings is 3.